The Morgan fingerprint density at radius 2 is 1.83 bits per heavy atom. The van der Waals surface area contributed by atoms with Gasteiger partial charge in [-0.15, -0.1) is 0 Å². The highest BCUT2D eigenvalue weighted by molar-refractivity contribution is 7.92. The molecule has 0 atom stereocenters. The molecule has 0 amide bonds. The van der Waals surface area contributed by atoms with E-state index in [0.29, 0.717) is 11.3 Å². The molecule has 2 heterocycles. The minimum absolute atomic E-state index is 0.0400. The van der Waals surface area contributed by atoms with Gasteiger partial charge in [-0.1, -0.05) is 13.0 Å². The monoisotopic (exact) mass is 429 g/mol. The molecule has 2 aromatic rings. The number of benzene rings is 1. The zero-order valence-electron chi connectivity index (χ0n) is 17.8. The number of likely N-dealkylation sites (tertiary alicyclic amines) is 1. The fourth-order valence-corrected chi connectivity index (χ4v) is 4.43. The highest BCUT2D eigenvalue weighted by Crippen LogP contribution is 2.23. The number of sulfonamides is 1. The summed E-state index contributed by atoms with van der Waals surface area (Å²) in [5.74, 6) is 0.194. The summed E-state index contributed by atoms with van der Waals surface area (Å²) >= 11 is 0. The first-order chi connectivity index (χ1) is 14.3. The molecular formula is C23H31N3O3S. The highest BCUT2D eigenvalue weighted by atomic mass is 32.2. The van der Waals surface area contributed by atoms with E-state index in [0.717, 1.165) is 63.7 Å². The third kappa shape index (κ3) is 6.64. The number of ketones is 1. The van der Waals surface area contributed by atoms with Crippen molar-refractivity contribution in [2.45, 2.75) is 39.0 Å². The van der Waals surface area contributed by atoms with Gasteiger partial charge >= 0.3 is 0 Å². The molecular weight excluding hydrogens is 398 g/mol. The average molecular weight is 430 g/mol. The molecule has 162 valence electrons. The van der Waals surface area contributed by atoms with Gasteiger partial charge in [0.1, 0.15) is 0 Å². The van der Waals surface area contributed by atoms with E-state index in [4.69, 9.17) is 0 Å². The zero-order valence-corrected chi connectivity index (χ0v) is 18.6. The third-order valence-corrected chi connectivity index (χ3v) is 6.24. The van der Waals surface area contributed by atoms with E-state index in [1.54, 1.807) is 24.3 Å². The Balaban J connectivity index is 1.42. The lowest BCUT2D eigenvalue weighted by Gasteiger charge is -2.31. The van der Waals surface area contributed by atoms with Crippen LogP contribution in [0.25, 0.3) is 0 Å². The maximum absolute atomic E-state index is 12.8. The minimum atomic E-state index is -3.31. The molecule has 1 aliphatic rings. The number of carbonyl (C=O) groups excluding carboxylic acids is 1. The number of pyridine rings is 1. The van der Waals surface area contributed by atoms with Gasteiger partial charge in [0.2, 0.25) is 10.0 Å². The van der Waals surface area contributed by atoms with Crippen molar-refractivity contribution in [3.63, 3.8) is 0 Å². The van der Waals surface area contributed by atoms with E-state index >= 15 is 0 Å². The number of carbonyl (C=O) groups is 1. The number of hydrogen-bond donors (Lipinski definition) is 1. The predicted molar refractivity (Wildman–Crippen MR) is 120 cm³/mol. The molecule has 0 radical (unpaired) electrons. The summed E-state index contributed by atoms with van der Waals surface area (Å²) in [6.07, 6.45) is 7.89. The Hall–Kier alpha value is -2.25. The summed E-state index contributed by atoms with van der Waals surface area (Å²) in [5, 5.41) is 0. The maximum atomic E-state index is 12.8. The zero-order chi connectivity index (χ0) is 21.6. The molecule has 7 heteroatoms. The number of hydrogen-bond acceptors (Lipinski definition) is 5. The second kappa shape index (κ2) is 10.2. The number of piperidine rings is 1. The van der Waals surface area contributed by atoms with Crippen LogP contribution in [0, 0.1) is 5.92 Å². The molecule has 1 aromatic carbocycles. The molecule has 0 bridgehead atoms. The fraction of sp³-hybridized carbons (Fsp3) is 0.478. The van der Waals surface area contributed by atoms with Crippen molar-refractivity contribution in [2.75, 3.05) is 30.6 Å². The number of aromatic nitrogens is 1. The van der Waals surface area contributed by atoms with Gasteiger partial charge in [0.25, 0.3) is 0 Å². The summed E-state index contributed by atoms with van der Waals surface area (Å²) in [6, 6.07) is 11.0. The molecule has 0 aliphatic carbocycles. The van der Waals surface area contributed by atoms with Crippen molar-refractivity contribution in [1.29, 1.82) is 0 Å². The van der Waals surface area contributed by atoms with Crippen molar-refractivity contribution in [3.8, 4) is 0 Å². The summed E-state index contributed by atoms with van der Waals surface area (Å²) < 4.78 is 25.0. The van der Waals surface area contributed by atoms with E-state index in [-0.39, 0.29) is 11.7 Å². The van der Waals surface area contributed by atoms with Crippen LogP contribution in [0.1, 0.15) is 47.8 Å². The van der Waals surface area contributed by atoms with Crippen molar-refractivity contribution >= 4 is 21.5 Å². The quantitative estimate of drug-likeness (QED) is 0.617. The normalized spacial score (nSPS) is 15.8. The van der Waals surface area contributed by atoms with Crippen molar-refractivity contribution in [2.24, 2.45) is 5.92 Å². The highest BCUT2D eigenvalue weighted by Gasteiger charge is 2.25. The first-order valence-electron chi connectivity index (χ1n) is 10.6. The molecule has 0 spiro atoms. The molecule has 1 N–H and O–H groups in total. The second-order valence-corrected chi connectivity index (χ2v) is 9.80. The standard InChI is InChI=1S/C23H31N3O3S/c1-3-18-6-9-21(24-17-18)5-4-14-26-15-12-20(13-16-26)23(27)19-7-10-22(11-8-19)25-30(2,28)29/h6-11,17,20,25H,3-5,12-16H2,1-2H3. The Kier molecular flexibility index (Phi) is 7.61. The summed E-state index contributed by atoms with van der Waals surface area (Å²) in [7, 11) is -3.31. The van der Waals surface area contributed by atoms with Crippen LogP contribution in [0.5, 0.6) is 0 Å². The van der Waals surface area contributed by atoms with Crippen LogP contribution in [0.2, 0.25) is 0 Å². The van der Waals surface area contributed by atoms with Crippen molar-refractivity contribution in [3.05, 3.63) is 59.4 Å². The van der Waals surface area contributed by atoms with Gasteiger partial charge in [0.15, 0.2) is 5.78 Å². The van der Waals surface area contributed by atoms with Gasteiger partial charge in [0, 0.05) is 29.1 Å². The topological polar surface area (TPSA) is 79.4 Å². The first-order valence-corrected chi connectivity index (χ1v) is 12.5. The smallest absolute Gasteiger partial charge is 0.229 e. The third-order valence-electron chi connectivity index (χ3n) is 5.63. The van der Waals surface area contributed by atoms with Gasteiger partial charge in [0.05, 0.1) is 6.26 Å². The maximum Gasteiger partial charge on any atom is 0.229 e. The van der Waals surface area contributed by atoms with Gasteiger partial charge in [-0.3, -0.25) is 14.5 Å². The Labute approximate surface area is 179 Å². The number of anilines is 1. The van der Waals surface area contributed by atoms with E-state index in [2.05, 4.69) is 33.7 Å². The van der Waals surface area contributed by atoms with Crippen LogP contribution < -0.4 is 4.72 Å². The number of nitrogens with zero attached hydrogens (tertiary/aromatic N) is 2. The molecule has 0 saturated carbocycles. The summed E-state index contributed by atoms with van der Waals surface area (Å²) in [5.41, 5.74) is 3.54. The average Bonchev–Trinajstić information content (AvgIpc) is 2.74. The second-order valence-electron chi connectivity index (χ2n) is 8.05. The SMILES string of the molecule is CCc1ccc(CCCN2CCC(C(=O)c3ccc(NS(C)(=O)=O)cc3)CC2)nc1. The van der Waals surface area contributed by atoms with Gasteiger partial charge in [-0.25, -0.2) is 8.42 Å². The van der Waals surface area contributed by atoms with Crippen molar-refractivity contribution in [1.82, 2.24) is 9.88 Å². The van der Waals surface area contributed by atoms with Crippen LogP contribution in [-0.2, 0) is 22.9 Å². The molecule has 1 aromatic heterocycles. The van der Waals surface area contributed by atoms with Gasteiger partial charge in [-0.05, 0) is 87.6 Å². The molecule has 1 fully saturated rings. The predicted octanol–water partition coefficient (Wildman–Crippen LogP) is 3.54. The number of Topliss-reactive ketones (excluding diaryl/α,β-unsaturated/α-hetero) is 1. The van der Waals surface area contributed by atoms with Crippen molar-refractivity contribution < 1.29 is 13.2 Å². The van der Waals surface area contributed by atoms with E-state index < -0.39 is 10.0 Å². The van der Waals surface area contributed by atoms with E-state index in [1.807, 2.05) is 6.20 Å². The molecule has 30 heavy (non-hydrogen) atoms. The lowest BCUT2D eigenvalue weighted by atomic mass is 9.88. The lowest BCUT2D eigenvalue weighted by Crippen LogP contribution is -2.37. The van der Waals surface area contributed by atoms with Crippen LogP contribution in [0.3, 0.4) is 0 Å². The molecule has 0 unspecified atom stereocenters. The largest absolute Gasteiger partial charge is 0.303 e. The van der Waals surface area contributed by atoms with Crippen LogP contribution in [0.4, 0.5) is 5.69 Å². The van der Waals surface area contributed by atoms with Crippen LogP contribution >= 0.6 is 0 Å². The molecule has 6 nitrogen and oxygen atoms in total. The lowest BCUT2D eigenvalue weighted by molar-refractivity contribution is 0.0839. The van der Waals surface area contributed by atoms with Crippen LogP contribution in [-0.4, -0.2) is 50.0 Å². The van der Waals surface area contributed by atoms with Gasteiger partial charge < -0.3 is 4.90 Å². The van der Waals surface area contributed by atoms with E-state index in [1.165, 1.54) is 5.56 Å². The number of rotatable bonds is 9. The Bertz CT molecular complexity index is 933. The summed E-state index contributed by atoms with van der Waals surface area (Å²) in [4.78, 5) is 19.7. The number of nitrogens with one attached hydrogen (secondary N) is 1. The molecule has 3 rings (SSSR count). The minimum Gasteiger partial charge on any atom is -0.303 e. The molecule has 1 aliphatic heterocycles. The number of aryl methyl sites for hydroxylation is 2. The first kappa shape index (κ1) is 22.4. The van der Waals surface area contributed by atoms with E-state index in [9.17, 15) is 13.2 Å². The Morgan fingerprint density at radius 1 is 1.13 bits per heavy atom. The van der Waals surface area contributed by atoms with Crippen LogP contribution in [0.15, 0.2) is 42.6 Å². The molecule has 1 saturated heterocycles. The van der Waals surface area contributed by atoms with Gasteiger partial charge in [-0.2, -0.15) is 0 Å². The fourth-order valence-electron chi connectivity index (χ4n) is 3.87. The Morgan fingerprint density at radius 3 is 2.40 bits per heavy atom. The summed E-state index contributed by atoms with van der Waals surface area (Å²) in [6.45, 7) is 5.04.